The molecule has 0 aliphatic heterocycles. The molecule has 3 heterocycles. The van der Waals surface area contributed by atoms with E-state index in [4.69, 9.17) is 4.52 Å². The first-order valence-corrected chi connectivity index (χ1v) is 6.76. The molecular formula is C13H11BrN4O2. The summed E-state index contributed by atoms with van der Waals surface area (Å²) in [7, 11) is 0. The molecule has 3 aromatic rings. The fourth-order valence-electron chi connectivity index (χ4n) is 1.99. The van der Waals surface area contributed by atoms with E-state index in [2.05, 4.69) is 31.4 Å². The Morgan fingerprint density at radius 1 is 1.45 bits per heavy atom. The van der Waals surface area contributed by atoms with Crippen LogP contribution in [0.25, 0.3) is 5.65 Å². The van der Waals surface area contributed by atoms with Gasteiger partial charge in [0.05, 0.1) is 18.4 Å². The van der Waals surface area contributed by atoms with E-state index in [0.717, 1.165) is 10.1 Å². The van der Waals surface area contributed by atoms with E-state index in [1.165, 1.54) is 6.20 Å². The molecule has 1 N–H and O–H groups in total. The molecule has 0 spiro atoms. The number of aromatic nitrogens is 3. The van der Waals surface area contributed by atoms with Crippen molar-refractivity contribution in [3.8, 4) is 0 Å². The molecule has 0 radical (unpaired) electrons. The Morgan fingerprint density at radius 3 is 3.05 bits per heavy atom. The topological polar surface area (TPSA) is 72.4 Å². The number of hydrogen-bond acceptors (Lipinski definition) is 4. The minimum absolute atomic E-state index is 0.204. The van der Waals surface area contributed by atoms with E-state index >= 15 is 0 Å². The Labute approximate surface area is 122 Å². The predicted molar refractivity (Wildman–Crippen MR) is 75.3 cm³/mol. The molecule has 20 heavy (non-hydrogen) atoms. The number of fused-ring (bicyclic) bond motifs is 1. The molecule has 0 bridgehead atoms. The van der Waals surface area contributed by atoms with Gasteiger partial charge in [0.25, 0.3) is 5.91 Å². The van der Waals surface area contributed by atoms with Gasteiger partial charge in [-0.2, -0.15) is 0 Å². The Balaban J connectivity index is 1.90. The SMILES string of the molecule is Cc1nc2ccc(Br)cn2c1C(=O)NCc1ccno1. The molecule has 0 fully saturated rings. The second-order valence-corrected chi connectivity index (χ2v) is 5.20. The van der Waals surface area contributed by atoms with Crippen LogP contribution in [0.4, 0.5) is 0 Å². The monoisotopic (exact) mass is 334 g/mol. The van der Waals surface area contributed by atoms with E-state index in [-0.39, 0.29) is 5.91 Å². The van der Waals surface area contributed by atoms with Gasteiger partial charge in [0.15, 0.2) is 5.76 Å². The molecule has 0 saturated carbocycles. The maximum absolute atomic E-state index is 12.3. The maximum atomic E-state index is 12.3. The fourth-order valence-corrected chi connectivity index (χ4v) is 2.33. The van der Waals surface area contributed by atoms with Crippen LogP contribution >= 0.6 is 15.9 Å². The summed E-state index contributed by atoms with van der Waals surface area (Å²) in [6.07, 6.45) is 3.36. The number of aryl methyl sites for hydroxylation is 1. The number of imidazole rings is 1. The van der Waals surface area contributed by atoms with Crippen LogP contribution in [-0.2, 0) is 6.54 Å². The number of nitrogens with one attached hydrogen (secondary N) is 1. The van der Waals surface area contributed by atoms with Crippen LogP contribution in [-0.4, -0.2) is 20.4 Å². The molecule has 6 nitrogen and oxygen atoms in total. The second-order valence-electron chi connectivity index (χ2n) is 4.28. The number of carbonyl (C=O) groups is 1. The lowest BCUT2D eigenvalue weighted by Gasteiger charge is -2.04. The highest BCUT2D eigenvalue weighted by Gasteiger charge is 2.16. The first kappa shape index (κ1) is 12.9. The van der Waals surface area contributed by atoms with Gasteiger partial charge in [0.2, 0.25) is 0 Å². The Morgan fingerprint density at radius 2 is 2.30 bits per heavy atom. The van der Waals surface area contributed by atoms with E-state index < -0.39 is 0 Å². The lowest BCUT2D eigenvalue weighted by molar-refractivity contribution is 0.0940. The summed E-state index contributed by atoms with van der Waals surface area (Å²) in [4.78, 5) is 16.7. The third-order valence-electron chi connectivity index (χ3n) is 2.89. The Bertz CT molecular complexity index is 764. The Hall–Kier alpha value is -2.15. The zero-order valence-corrected chi connectivity index (χ0v) is 12.2. The lowest BCUT2D eigenvalue weighted by atomic mass is 10.3. The molecule has 0 atom stereocenters. The minimum atomic E-state index is -0.204. The molecule has 3 rings (SSSR count). The van der Waals surface area contributed by atoms with Crippen LogP contribution in [0.2, 0.25) is 0 Å². The summed E-state index contributed by atoms with van der Waals surface area (Å²) in [5.74, 6) is 0.399. The van der Waals surface area contributed by atoms with E-state index in [1.807, 2.05) is 25.3 Å². The molecule has 0 aliphatic rings. The highest BCUT2D eigenvalue weighted by Crippen LogP contribution is 2.16. The molecule has 0 unspecified atom stereocenters. The molecule has 7 heteroatoms. The van der Waals surface area contributed by atoms with Crippen LogP contribution in [0.5, 0.6) is 0 Å². The van der Waals surface area contributed by atoms with E-state index in [9.17, 15) is 4.79 Å². The van der Waals surface area contributed by atoms with Crippen molar-refractivity contribution in [2.45, 2.75) is 13.5 Å². The van der Waals surface area contributed by atoms with Gasteiger partial charge in [0.1, 0.15) is 11.3 Å². The van der Waals surface area contributed by atoms with E-state index in [0.29, 0.717) is 23.7 Å². The van der Waals surface area contributed by atoms with Crippen LogP contribution in [0, 0.1) is 6.92 Å². The quantitative estimate of drug-likeness (QED) is 0.797. The summed E-state index contributed by atoms with van der Waals surface area (Å²) in [5, 5.41) is 6.38. The fraction of sp³-hybridized carbons (Fsp3) is 0.154. The molecule has 1 amide bonds. The van der Waals surface area contributed by atoms with Gasteiger partial charge >= 0.3 is 0 Å². The van der Waals surface area contributed by atoms with Crippen molar-refractivity contribution in [3.05, 3.63) is 52.2 Å². The molecule has 0 aromatic carbocycles. The van der Waals surface area contributed by atoms with Crippen molar-refractivity contribution in [2.75, 3.05) is 0 Å². The zero-order valence-electron chi connectivity index (χ0n) is 10.6. The standard InChI is InChI=1S/C13H11BrN4O2/c1-8-12(13(19)15-6-10-4-5-16-20-10)18-7-9(14)2-3-11(18)17-8/h2-5,7H,6H2,1H3,(H,15,19). The molecule has 3 aromatic heterocycles. The normalized spacial score (nSPS) is 10.9. The van der Waals surface area contributed by atoms with Crippen molar-refractivity contribution >= 4 is 27.5 Å². The van der Waals surface area contributed by atoms with Crippen LogP contribution in [0.3, 0.4) is 0 Å². The summed E-state index contributed by atoms with van der Waals surface area (Å²) >= 11 is 3.39. The highest BCUT2D eigenvalue weighted by atomic mass is 79.9. The Kier molecular flexibility index (Phi) is 3.27. The molecular weight excluding hydrogens is 324 g/mol. The van der Waals surface area contributed by atoms with Gasteiger partial charge in [-0.05, 0) is 35.0 Å². The van der Waals surface area contributed by atoms with Gasteiger partial charge in [-0.15, -0.1) is 0 Å². The number of nitrogens with zero attached hydrogens (tertiary/aromatic N) is 3. The zero-order chi connectivity index (χ0) is 14.1. The van der Waals surface area contributed by atoms with Crippen molar-refractivity contribution in [1.29, 1.82) is 0 Å². The van der Waals surface area contributed by atoms with Gasteiger partial charge in [-0.3, -0.25) is 9.20 Å². The second kappa shape index (κ2) is 5.09. The lowest BCUT2D eigenvalue weighted by Crippen LogP contribution is -2.24. The average molecular weight is 335 g/mol. The summed E-state index contributed by atoms with van der Waals surface area (Å²) in [5.41, 5.74) is 1.93. The van der Waals surface area contributed by atoms with Crippen molar-refractivity contribution in [1.82, 2.24) is 19.9 Å². The number of hydrogen-bond donors (Lipinski definition) is 1. The van der Waals surface area contributed by atoms with Gasteiger partial charge < -0.3 is 9.84 Å². The number of pyridine rings is 1. The van der Waals surface area contributed by atoms with Crippen LogP contribution < -0.4 is 5.32 Å². The smallest absolute Gasteiger partial charge is 0.270 e. The molecule has 0 saturated heterocycles. The number of halogens is 1. The van der Waals surface area contributed by atoms with Crippen molar-refractivity contribution < 1.29 is 9.32 Å². The first-order valence-electron chi connectivity index (χ1n) is 5.97. The third-order valence-corrected chi connectivity index (χ3v) is 3.36. The average Bonchev–Trinajstić information content (AvgIpc) is 3.02. The van der Waals surface area contributed by atoms with Crippen LogP contribution in [0.1, 0.15) is 21.9 Å². The van der Waals surface area contributed by atoms with Gasteiger partial charge in [-0.1, -0.05) is 5.16 Å². The number of carbonyl (C=O) groups excluding carboxylic acids is 1. The molecule has 102 valence electrons. The number of amides is 1. The van der Waals surface area contributed by atoms with E-state index in [1.54, 1.807) is 10.5 Å². The van der Waals surface area contributed by atoms with Crippen molar-refractivity contribution in [3.63, 3.8) is 0 Å². The third kappa shape index (κ3) is 2.32. The summed E-state index contributed by atoms with van der Waals surface area (Å²) < 4.78 is 7.58. The van der Waals surface area contributed by atoms with Gasteiger partial charge in [0, 0.05) is 16.7 Å². The maximum Gasteiger partial charge on any atom is 0.270 e. The number of rotatable bonds is 3. The summed E-state index contributed by atoms with van der Waals surface area (Å²) in [6, 6.07) is 5.44. The van der Waals surface area contributed by atoms with Crippen LogP contribution in [0.15, 0.2) is 39.6 Å². The summed E-state index contributed by atoms with van der Waals surface area (Å²) in [6.45, 7) is 2.10. The largest absolute Gasteiger partial charge is 0.360 e. The minimum Gasteiger partial charge on any atom is -0.360 e. The predicted octanol–water partition coefficient (Wildman–Crippen LogP) is 2.32. The molecule has 0 aliphatic carbocycles. The van der Waals surface area contributed by atoms with Crippen molar-refractivity contribution in [2.24, 2.45) is 0 Å². The highest BCUT2D eigenvalue weighted by molar-refractivity contribution is 9.10. The van der Waals surface area contributed by atoms with Gasteiger partial charge in [-0.25, -0.2) is 4.98 Å². The first-order chi connectivity index (χ1) is 9.65.